The van der Waals surface area contributed by atoms with Crippen LogP contribution in [-0.4, -0.2) is 27.1 Å². The molecule has 0 fully saturated rings. The lowest BCUT2D eigenvalue weighted by Gasteiger charge is -2.08. The monoisotopic (exact) mass is 321 g/mol. The maximum absolute atomic E-state index is 11.6. The molecule has 3 rings (SSSR count). The minimum atomic E-state index is -0.957. The maximum atomic E-state index is 11.6. The minimum Gasteiger partial charge on any atom is -0.478 e. The van der Waals surface area contributed by atoms with Gasteiger partial charge in [-0.15, -0.1) is 0 Å². The molecule has 0 radical (unpaired) electrons. The number of nitrogens with zero attached hydrogens (tertiary/aromatic N) is 1. The van der Waals surface area contributed by atoms with Crippen LogP contribution in [0.5, 0.6) is 0 Å². The molecule has 0 atom stereocenters. The Kier molecular flexibility index (Phi) is 4.33. The lowest BCUT2D eigenvalue weighted by Crippen LogP contribution is -2.10. The number of carbonyl (C=O) groups is 1. The number of fused-ring (bicyclic) bond motifs is 1. The zero-order chi connectivity index (χ0) is 17.1. The molecule has 3 N–H and O–H groups in total. The van der Waals surface area contributed by atoms with Crippen molar-refractivity contribution in [2.75, 3.05) is 5.32 Å². The lowest BCUT2D eigenvalue weighted by molar-refractivity contribution is -0.130. The Labute approximate surface area is 140 Å². The molecule has 2 heterocycles. The number of H-pyrrole nitrogens is 1. The molecule has 122 valence electrons. The number of benzene rings is 1. The molecule has 0 spiro atoms. The fourth-order valence-corrected chi connectivity index (χ4v) is 2.56. The van der Waals surface area contributed by atoms with Crippen molar-refractivity contribution in [2.24, 2.45) is 0 Å². The highest BCUT2D eigenvalue weighted by atomic mass is 16.4. The van der Waals surface area contributed by atoms with Crippen LogP contribution in [0.15, 0.2) is 48.7 Å². The van der Waals surface area contributed by atoms with Gasteiger partial charge in [-0.05, 0) is 37.6 Å². The molecule has 0 amide bonds. The molecule has 0 unspecified atom stereocenters. The van der Waals surface area contributed by atoms with Crippen LogP contribution < -0.4 is 5.32 Å². The summed E-state index contributed by atoms with van der Waals surface area (Å²) in [5.41, 5.74) is 2.45. The van der Waals surface area contributed by atoms with E-state index in [9.17, 15) is 9.90 Å². The molecule has 0 saturated carbocycles. The topological polar surface area (TPSA) is 78.0 Å². The van der Waals surface area contributed by atoms with Crippen LogP contribution in [-0.2, 0) is 4.79 Å². The molecular weight excluding hydrogens is 302 g/mol. The molecule has 0 aliphatic heterocycles. The lowest BCUT2D eigenvalue weighted by atomic mass is 10.0. The van der Waals surface area contributed by atoms with Gasteiger partial charge in [-0.1, -0.05) is 30.3 Å². The van der Waals surface area contributed by atoms with Crippen LogP contribution in [0.4, 0.5) is 5.82 Å². The van der Waals surface area contributed by atoms with Crippen LogP contribution in [0.1, 0.15) is 25.0 Å². The highest BCUT2D eigenvalue weighted by Crippen LogP contribution is 2.24. The number of rotatable bonds is 5. The summed E-state index contributed by atoms with van der Waals surface area (Å²) in [4.78, 5) is 19.3. The first kappa shape index (κ1) is 15.8. The van der Waals surface area contributed by atoms with Gasteiger partial charge >= 0.3 is 5.97 Å². The largest absolute Gasteiger partial charge is 0.478 e. The zero-order valence-electron chi connectivity index (χ0n) is 13.6. The average Bonchev–Trinajstić information content (AvgIpc) is 2.94. The third-order valence-corrected chi connectivity index (χ3v) is 3.62. The van der Waals surface area contributed by atoms with E-state index < -0.39 is 5.97 Å². The van der Waals surface area contributed by atoms with Gasteiger partial charge in [0.2, 0.25) is 0 Å². The Bertz CT molecular complexity index is 895. The third kappa shape index (κ3) is 3.30. The predicted molar refractivity (Wildman–Crippen MR) is 96.8 cm³/mol. The molecule has 2 aromatic heterocycles. The van der Waals surface area contributed by atoms with Gasteiger partial charge in [-0.25, -0.2) is 9.78 Å². The second kappa shape index (κ2) is 6.58. The summed E-state index contributed by atoms with van der Waals surface area (Å²) in [7, 11) is 0. The molecule has 1 aromatic carbocycles. The molecule has 5 nitrogen and oxygen atoms in total. The van der Waals surface area contributed by atoms with Crippen molar-refractivity contribution in [3.05, 3.63) is 59.8 Å². The summed E-state index contributed by atoms with van der Waals surface area (Å²) in [5, 5.41) is 13.7. The van der Waals surface area contributed by atoms with Crippen molar-refractivity contribution in [3.8, 4) is 0 Å². The van der Waals surface area contributed by atoms with Crippen molar-refractivity contribution >= 4 is 34.5 Å². The minimum absolute atomic E-state index is 0.251. The van der Waals surface area contributed by atoms with E-state index in [0.29, 0.717) is 11.6 Å². The summed E-state index contributed by atoms with van der Waals surface area (Å²) >= 11 is 0. The van der Waals surface area contributed by atoms with E-state index in [1.807, 2.05) is 44.2 Å². The molecule has 0 aliphatic rings. The number of carboxylic acids is 1. The molecule has 0 aliphatic carbocycles. The smallest absolute Gasteiger partial charge is 0.336 e. The number of carboxylic acid groups (broad SMARTS) is 1. The summed E-state index contributed by atoms with van der Waals surface area (Å²) in [5.74, 6) is -0.169. The Hall–Kier alpha value is -3.08. The molecule has 24 heavy (non-hydrogen) atoms. The molecule has 5 heteroatoms. The van der Waals surface area contributed by atoms with Crippen LogP contribution in [0, 0.1) is 0 Å². The van der Waals surface area contributed by atoms with Crippen molar-refractivity contribution in [1.82, 2.24) is 9.97 Å². The van der Waals surface area contributed by atoms with Gasteiger partial charge in [-0.3, -0.25) is 0 Å². The summed E-state index contributed by atoms with van der Waals surface area (Å²) in [6, 6.07) is 13.2. The molecule has 0 bridgehead atoms. The number of hydrogen-bond donors (Lipinski definition) is 3. The fourth-order valence-electron chi connectivity index (χ4n) is 2.56. The molecular formula is C19H19N3O2. The van der Waals surface area contributed by atoms with Crippen molar-refractivity contribution in [3.63, 3.8) is 0 Å². The first-order valence-corrected chi connectivity index (χ1v) is 7.79. The standard InChI is InChI=1S/C19H19N3O2/c1-12(2)21-17-9-8-15-14(11-20-18(15)22-17)10-16(19(23)24)13-6-4-3-5-7-13/h3-12H,1-2H3,(H,23,24)(H2,20,21,22)/b16-10+. The van der Waals surface area contributed by atoms with Crippen molar-refractivity contribution in [1.29, 1.82) is 0 Å². The highest BCUT2D eigenvalue weighted by Gasteiger charge is 2.12. The number of aromatic amines is 1. The summed E-state index contributed by atoms with van der Waals surface area (Å²) in [6.45, 7) is 4.10. The van der Waals surface area contributed by atoms with Gasteiger partial charge in [0.25, 0.3) is 0 Å². The van der Waals surface area contributed by atoms with Crippen LogP contribution in [0.3, 0.4) is 0 Å². The maximum Gasteiger partial charge on any atom is 0.336 e. The number of pyridine rings is 1. The third-order valence-electron chi connectivity index (χ3n) is 3.62. The Morgan fingerprint density at radius 2 is 1.96 bits per heavy atom. The second-order valence-corrected chi connectivity index (χ2v) is 5.86. The number of aliphatic carboxylic acids is 1. The van der Waals surface area contributed by atoms with Gasteiger partial charge in [0.05, 0.1) is 5.57 Å². The second-order valence-electron chi connectivity index (χ2n) is 5.86. The quantitative estimate of drug-likeness (QED) is 0.621. The van der Waals surface area contributed by atoms with E-state index in [-0.39, 0.29) is 5.57 Å². The van der Waals surface area contributed by atoms with Crippen molar-refractivity contribution in [2.45, 2.75) is 19.9 Å². The van der Waals surface area contributed by atoms with Crippen LogP contribution >= 0.6 is 0 Å². The first-order chi connectivity index (χ1) is 11.5. The Morgan fingerprint density at radius 1 is 1.21 bits per heavy atom. The van der Waals surface area contributed by atoms with Gasteiger partial charge in [0.15, 0.2) is 0 Å². The van der Waals surface area contributed by atoms with E-state index >= 15 is 0 Å². The van der Waals surface area contributed by atoms with E-state index in [2.05, 4.69) is 15.3 Å². The molecule has 3 aromatic rings. The Morgan fingerprint density at radius 3 is 2.62 bits per heavy atom. The zero-order valence-corrected chi connectivity index (χ0v) is 13.6. The van der Waals surface area contributed by atoms with E-state index in [1.54, 1.807) is 24.4 Å². The normalized spacial score (nSPS) is 11.9. The van der Waals surface area contributed by atoms with E-state index in [0.717, 1.165) is 22.4 Å². The average molecular weight is 321 g/mol. The Balaban J connectivity index is 2.03. The summed E-state index contributed by atoms with van der Waals surface area (Å²) in [6.07, 6.45) is 3.45. The summed E-state index contributed by atoms with van der Waals surface area (Å²) < 4.78 is 0. The SMILES string of the molecule is CC(C)Nc1ccc2c(/C=C(/C(=O)O)c3ccccc3)c[nH]c2n1. The van der Waals surface area contributed by atoms with Crippen molar-refractivity contribution < 1.29 is 9.90 Å². The van der Waals surface area contributed by atoms with Crippen LogP contribution in [0.25, 0.3) is 22.7 Å². The first-order valence-electron chi connectivity index (χ1n) is 7.79. The van der Waals surface area contributed by atoms with Gasteiger partial charge < -0.3 is 15.4 Å². The number of nitrogens with one attached hydrogen (secondary N) is 2. The highest BCUT2D eigenvalue weighted by molar-refractivity contribution is 6.21. The number of hydrogen-bond acceptors (Lipinski definition) is 3. The van der Waals surface area contributed by atoms with Crippen LogP contribution in [0.2, 0.25) is 0 Å². The molecule has 0 saturated heterocycles. The van der Waals surface area contributed by atoms with Gasteiger partial charge in [0.1, 0.15) is 11.5 Å². The predicted octanol–water partition coefficient (Wildman–Crippen LogP) is 4.01. The number of anilines is 1. The van der Waals surface area contributed by atoms with Gasteiger partial charge in [-0.2, -0.15) is 0 Å². The van der Waals surface area contributed by atoms with E-state index in [4.69, 9.17) is 0 Å². The van der Waals surface area contributed by atoms with E-state index in [1.165, 1.54) is 0 Å². The van der Waals surface area contributed by atoms with Gasteiger partial charge in [0, 0.05) is 23.2 Å². The fraction of sp³-hybridized carbons (Fsp3) is 0.158. The number of aromatic nitrogens is 2.